The summed E-state index contributed by atoms with van der Waals surface area (Å²) < 4.78 is 40.0. The number of halogens is 4. The third kappa shape index (κ3) is 6.97. The van der Waals surface area contributed by atoms with Gasteiger partial charge in [0.1, 0.15) is 5.75 Å². The second kappa shape index (κ2) is 9.13. The highest BCUT2D eigenvalue weighted by Gasteiger charge is 2.31. The molecule has 136 valence electrons. The van der Waals surface area contributed by atoms with E-state index in [9.17, 15) is 18.0 Å². The van der Waals surface area contributed by atoms with E-state index in [-0.39, 0.29) is 30.0 Å². The molecule has 4 nitrogen and oxygen atoms in total. The van der Waals surface area contributed by atoms with E-state index < -0.39 is 6.36 Å². The van der Waals surface area contributed by atoms with Gasteiger partial charge in [-0.25, -0.2) is 0 Å². The number of carbonyl (C=O) groups is 1. The summed E-state index contributed by atoms with van der Waals surface area (Å²) in [6.45, 7) is 3.38. The maximum atomic E-state index is 12.1. The Balaban J connectivity index is 0.00000288. The van der Waals surface area contributed by atoms with E-state index in [1.165, 1.54) is 12.1 Å². The van der Waals surface area contributed by atoms with Crippen molar-refractivity contribution in [1.82, 2.24) is 10.6 Å². The molecular weight excluding hydrogens is 345 g/mol. The van der Waals surface area contributed by atoms with Gasteiger partial charge in [0.15, 0.2) is 0 Å². The lowest BCUT2D eigenvalue weighted by atomic mass is 9.92. The summed E-state index contributed by atoms with van der Waals surface area (Å²) >= 11 is 0. The SMILES string of the molecule is C[C@H]1C[C@@H](C(=O)NCCc2ccc(OC(F)(F)F)cc2)CCN1.Cl. The smallest absolute Gasteiger partial charge is 0.406 e. The molecule has 0 saturated carbocycles. The molecule has 1 amide bonds. The average Bonchev–Trinajstić information content (AvgIpc) is 2.47. The molecule has 1 aromatic carbocycles. The maximum absolute atomic E-state index is 12.1. The lowest BCUT2D eigenvalue weighted by molar-refractivity contribution is -0.274. The van der Waals surface area contributed by atoms with Crippen molar-refractivity contribution in [1.29, 1.82) is 0 Å². The number of hydrogen-bond acceptors (Lipinski definition) is 3. The number of benzene rings is 1. The van der Waals surface area contributed by atoms with Gasteiger partial charge in [0.05, 0.1) is 0 Å². The summed E-state index contributed by atoms with van der Waals surface area (Å²) in [5.41, 5.74) is 0.846. The zero-order valence-electron chi connectivity index (χ0n) is 13.4. The monoisotopic (exact) mass is 366 g/mol. The third-order valence-electron chi connectivity index (χ3n) is 3.86. The van der Waals surface area contributed by atoms with Crippen molar-refractivity contribution in [3.05, 3.63) is 29.8 Å². The fraction of sp³-hybridized carbons (Fsp3) is 0.562. The van der Waals surface area contributed by atoms with Crippen molar-refractivity contribution in [3.8, 4) is 5.75 Å². The first-order valence-electron chi connectivity index (χ1n) is 7.69. The molecule has 24 heavy (non-hydrogen) atoms. The van der Waals surface area contributed by atoms with Crippen LogP contribution in [-0.4, -0.2) is 31.4 Å². The molecule has 1 aliphatic heterocycles. The summed E-state index contributed by atoms with van der Waals surface area (Å²) in [7, 11) is 0. The van der Waals surface area contributed by atoms with E-state index in [4.69, 9.17) is 0 Å². The standard InChI is InChI=1S/C16H21F3N2O2.ClH/c1-11-10-13(7-9-20-11)15(22)21-8-6-12-2-4-14(5-3-12)23-16(17,18)19;/h2-5,11,13,20H,6-10H2,1H3,(H,21,22);1H/t11-,13-;/m0./s1. The predicted molar refractivity (Wildman–Crippen MR) is 87.3 cm³/mol. The number of hydrogen-bond donors (Lipinski definition) is 2. The van der Waals surface area contributed by atoms with Gasteiger partial charge in [-0.1, -0.05) is 12.1 Å². The molecule has 1 aliphatic rings. The summed E-state index contributed by atoms with van der Waals surface area (Å²) in [6, 6.07) is 6.04. The molecule has 0 unspecified atom stereocenters. The molecule has 0 aliphatic carbocycles. The van der Waals surface area contributed by atoms with E-state index in [2.05, 4.69) is 22.3 Å². The van der Waals surface area contributed by atoms with Gasteiger partial charge in [-0.05, 0) is 50.4 Å². The van der Waals surface area contributed by atoms with Gasteiger partial charge in [0, 0.05) is 18.5 Å². The van der Waals surface area contributed by atoms with Crippen LogP contribution in [0, 0.1) is 5.92 Å². The molecule has 2 rings (SSSR count). The van der Waals surface area contributed by atoms with Gasteiger partial charge in [-0.15, -0.1) is 25.6 Å². The number of ether oxygens (including phenoxy) is 1. The van der Waals surface area contributed by atoms with Gasteiger partial charge in [-0.3, -0.25) is 4.79 Å². The highest BCUT2D eigenvalue weighted by molar-refractivity contribution is 5.85. The summed E-state index contributed by atoms with van der Waals surface area (Å²) in [6.07, 6.45) is -2.45. The van der Waals surface area contributed by atoms with Crippen LogP contribution in [0.3, 0.4) is 0 Å². The zero-order valence-corrected chi connectivity index (χ0v) is 14.2. The average molecular weight is 367 g/mol. The topological polar surface area (TPSA) is 50.4 Å². The molecule has 0 bridgehead atoms. The van der Waals surface area contributed by atoms with E-state index >= 15 is 0 Å². The molecule has 1 saturated heterocycles. The Morgan fingerprint density at radius 1 is 1.33 bits per heavy atom. The number of nitrogens with one attached hydrogen (secondary N) is 2. The first-order chi connectivity index (χ1) is 10.8. The lowest BCUT2D eigenvalue weighted by Gasteiger charge is -2.27. The minimum Gasteiger partial charge on any atom is -0.406 e. The molecule has 2 N–H and O–H groups in total. The van der Waals surface area contributed by atoms with Crippen LogP contribution >= 0.6 is 12.4 Å². The number of alkyl halides is 3. The first kappa shape index (κ1) is 20.6. The van der Waals surface area contributed by atoms with Gasteiger partial charge < -0.3 is 15.4 Å². The van der Waals surface area contributed by atoms with Crippen molar-refractivity contribution in [3.63, 3.8) is 0 Å². The zero-order chi connectivity index (χ0) is 16.9. The Bertz CT molecular complexity index is 523. The van der Waals surface area contributed by atoms with Crippen molar-refractivity contribution < 1.29 is 22.7 Å². The molecule has 1 heterocycles. The first-order valence-corrected chi connectivity index (χ1v) is 7.69. The lowest BCUT2D eigenvalue weighted by Crippen LogP contribution is -2.42. The Kier molecular flexibility index (Phi) is 7.83. The van der Waals surface area contributed by atoms with Gasteiger partial charge in [0.25, 0.3) is 0 Å². The quantitative estimate of drug-likeness (QED) is 0.842. The van der Waals surface area contributed by atoms with Crippen LogP contribution in [-0.2, 0) is 11.2 Å². The molecule has 2 atom stereocenters. The number of amides is 1. The molecule has 1 fully saturated rings. The largest absolute Gasteiger partial charge is 0.573 e. The van der Waals surface area contributed by atoms with E-state index in [0.717, 1.165) is 24.9 Å². The Morgan fingerprint density at radius 3 is 2.58 bits per heavy atom. The van der Waals surface area contributed by atoms with E-state index in [1.54, 1.807) is 12.1 Å². The fourth-order valence-corrected chi connectivity index (χ4v) is 2.70. The van der Waals surface area contributed by atoms with Crippen LogP contribution in [0.5, 0.6) is 5.75 Å². The van der Waals surface area contributed by atoms with Crippen LogP contribution in [0.2, 0.25) is 0 Å². The Labute approximate surface area is 145 Å². The maximum Gasteiger partial charge on any atom is 0.573 e. The van der Waals surface area contributed by atoms with Crippen molar-refractivity contribution in [2.75, 3.05) is 13.1 Å². The number of rotatable bonds is 5. The van der Waals surface area contributed by atoms with Gasteiger partial charge in [0.2, 0.25) is 5.91 Å². The predicted octanol–water partition coefficient (Wildman–Crippen LogP) is 3.05. The van der Waals surface area contributed by atoms with Crippen LogP contribution in [0.15, 0.2) is 24.3 Å². The molecule has 8 heteroatoms. The van der Waals surface area contributed by atoms with E-state index in [0.29, 0.717) is 19.0 Å². The van der Waals surface area contributed by atoms with E-state index in [1.807, 2.05) is 0 Å². The minimum absolute atomic E-state index is 0. The Morgan fingerprint density at radius 2 is 2.00 bits per heavy atom. The molecule has 1 aromatic rings. The van der Waals surface area contributed by atoms with Crippen LogP contribution in [0.25, 0.3) is 0 Å². The third-order valence-corrected chi connectivity index (χ3v) is 3.86. The van der Waals surface area contributed by atoms with Crippen molar-refractivity contribution in [2.24, 2.45) is 5.92 Å². The van der Waals surface area contributed by atoms with Crippen LogP contribution in [0.1, 0.15) is 25.3 Å². The molecule has 0 spiro atoms. The number of carbonyl (C=O) groups excluding carboxylic acids is 1. The fourth-order valence-electron chi connectivity index (χ4n) is 2.70. The van der Waals surface area contributed by atoms with Crippen LogP contribution < -0.4 is 15.4 Å². The Hall–Kier alpha value is -1.47. The molecular formula is C16H22ClF3N2O2. The number of piperidine rings is 1. The normalized spacial score (nSPS) is 20.8. The minimum atomic E-state index is -4.68. The highest BCUT2D eigenvalue weighted by Crippen LogP contribution is 2.22. The molecule has 0 aromatic heterocycles. The second-order valence-electron chi connectivity index (χ2n) is 5.81. The summed E-state index contributed by atoms with van der Waals surface area (Å²) in [5, 5.41) is 6.19. The van der Waals surface area contributed by atoms with Crippen molar-refractivity contribution in [2.45, 2.75) is 38.6 Å². The van der Waals surface area contributed by atoms with Crippen molar-refractivity contribution >= 4 is 18.3 Å². The summed E-state index contributed by atoms with van der Waals surface area (Å²) in [4.78, 5) is 12.1. The highest BCUT2D eigenvalue weighted by atomic mass is 35.5. The second-order valence-corrected chi connectivity index (χ2v) is 5.81. The summed E-state index contributed by atoms with van der Waals surface area (Å²) in [5.74, 6) is -0.154. The van der Waals surface area contributed by atoms with Gasteiger partial charge in [-0.2, -0.15) is 0 Å². The molecule has 0 radical (unpaired) electrons. The van der Waals surface area contributed by atoms with Crippen LogP contribution in [0.4, 0.5) is 13.2 Å². The van der Waals surface area contributed by atoms with Gasteiger partial charge >= 0.3 is 6.36 Å².